The summed E-state index contributed by atoms with van der Waals surface area (Å²) in [5.74, 6) is 0. The van der Waals surface area contributed by atoms with Crippen molar-refractivity contribution in [2.24, 2.45) is 10.2 Å². The maximum atomic E-state index is 4.69. The summed E-state index contributed by atoms with van der Waals surface area (Å²) in [4.78, 5) is 0. The van der Waals surface area contributed by atoms with E-state index in [0.717, 1.165) is 12.8 Å². The minimum atomic E-state index is 0.00420. The number of hydrogen-bond acceptors (Lipinski definition) is 2. The van der Waals surface area contributed by atoms with Gasteiger partial charge >= 0.3 is 0 Å². The highest BCUT2D eigenvalue weighted by molar-refractivity contribution is 4.80. The van der Waals surface area contributed by atoms with Crippen molar-refractivity contribution >= 4 is 0 Å². The summed E-state index contributed by atoms with van der Waals surface area (Å²) in [6, 6.07) is 0. The van der Waals surface area contributed by atoms with Gasteiger partial charge in [-0.25, -0.2) is 0 Å². The van der Waals surface area contributed by atoms with Crippen LogP contribution in [0.3, 0.4) is 0 Å². The van der Waals surface area contributed by atoms with Crippen LogP contribution in [0.1, 0.15) is 125 Å². The molecule has 0 heterocycles. The first-order chi connectivity index (χ1) is 10.8. The maximum absolute atomic E-state index is 4.69. The van der Waals surface area contributed by atoms with Crippen LogP contribution in [-0.2, 0) is 0 Å². The summed E-state index contributed by atoms with van der Waals surface area (Å²) in [5, 5.41) is 9.36. The van der Waals surface area contributed by atoms with Crippen LogP contribution in [0, 0.1) is 0 Å². The zero-order valence-electron chi connectivity index (χ0n) is 17.1. The third-order valence-corrected chi connectivity index (χ3v) is 4.63. The Kier molecular flexibility index (Phi) is 12.7. The molecular formula is C21H44N2. The molecule has 0 bridgehead atoms. The zero-order valence-corrected chi connectivity index (χ0v) is 17.1. The number of azo groups is 1. The molecule has 0 unspecified atom stereocenters. The highest BCUT2D eigenvalue weighted by Gasteiger charge is 2.20. The molecule has 0 saturated heterocycles. The van der Waals surface area contributed by atoms with E-state index in [2.05, 4.69) is 51.8 Å². The lowest BCUT2D eigenvalue weighted by Crippen LogP contribution is -2.21. The Morgan fingerprint density at radius 2 is 0.783 bits per heavy atom. The van der Waals surface area contributed by atoms with Gasteiger partial charge in [0.25, 0.3) is 0 Å². The fourth-order valence-corrected chi connectivity index (χ4v) is 2.87. The molecule has 0 amide bonds. The summed E-state index contributed by atoms with van der Waals surface area (Å²) < 4.78 is 0. The number of unbranched alkanes of at least 4 members (excludes halogenated alkanes) is 9. The van der Waals surface area contributed by atoms with E-state index in [1.165, 1.54) is 70.6 Å². The lowest BCUT2D eigenvalue weighted by atomic mass is 9.96. The second kappa shape index (κ2) is 13.0. The van der Waals surface area contributed by atoms with Gasteiger partial charge in [0.15, 0.2) is 0 Å². The van der Waals surface area contributed by atoms with Crippen molar-refractivity contribution in [3.05, 3.63) is 0 Å². The SMILES string of the molecule is CCCCCCCCCCC(C)(C)N=NC(C)(C)CCCCC. The molecule has 0 fully saturated rings. The van der Waals surface area contributed by atoms with Crippen molar-refractivity contribution < 1.29 is 0 Å². The molecule has 0 radical (unpaired) electrons. The molecular weight excluding hydrogens is 280 g/mol. The second-order valence-electron chi connectivity index (χ2n) is 8.51. The van der Waals surface area contributed by atoms with Gasteiger partial charge in [0.05, 0.1) is 11.1 Å². The summed E-state index contributed by atoms with van der Waals surface area (Å²) in [6.07, 6.45) is 17.2. The number of rotatable bonds is 15. The minimum Gasteiger partial charge on any atom is -0.187 e. The van der Waals surface area contributed by atoms with E-state index in [-0.39, 0.29) is 11.1 Å². The molecule has 0 aromatic heterocycles. The Hall–Kier alpha value is -0.400. The Morgan fingerprint density at radius 1 is 0.478 bits per heavy atom. The Bertz CT molecular complexity index is 292. The van der Waals surface area contributed by atoms with Crippen molar-refractivity contribution in [1.82, 2.24) is 0 Å². The first-order valence-electron chi connectivity index (χ1n) is 10.3. The normalized spacial score (nSPS) is 13.1. The van der Waals surface area contributed by atoms with Crippen LogP contribution in [0.25, 0.3) is 0 Å². The Labute approximate surface area is 146 Å². The van der Waals surface area contributed by atoms with Gasteiger partial charge in [-0.15, -0.1) is 0 Å². The number of hydrogen-bond donors (Lipinski definition) is 0. The van der Waals surface area contributed by atoms with Crippen LogP contribution < -0.4 is 0 Å². The molecule has 23 heavy (non-hydrogen) atoms. The average Bonchev–Trinajstić information content (AvgIpc) is 2.48. The highest BCUT2D eigenvalue weighted by atomic mass is 15.2. The highest BCUT2D eigenvalue weighted by Crippen LogP contribution is 2.25. The molecule has 0 aromatic carbocycles. The van der Waals surface area contributed by atoms with Crippen molar-refractivity contribution in [3.8, 4) is 0 Å². The van der Waals surface area contributed by atoms with Crippen molar-refractivity contribution in [3.63, 3.8) is 0 Å². The van der Waals surface area contributed by atoms with E-state index in [9.17, 15) is 0 Å². The predicted octanol–water partition coefficient (Wildman–Crippen LogP) is 8.11. The molecule has 138 valence electrons. The molecule has 0 atom stereocenters. The van der Waals surface area contributed by atoms with Crippen molar-refractivity contribution in [2.45, 2.75) is 136 Å². The van der Waals surface area contributed by atoms with E-state index in [1.807, 2.05) is 0 Å². The molecule has 0 aliphatic heterocycles. The molecule has 0 aliphatic rings. The quantitative estimate of drug-likeness (QED) is 0.215. The molecule has 0 saturated carbocycles. The van der Waals surface area contributed by atoms with Gasteiger partial charge in [-0.2, -0.15) is 10.2 Å². The lowest BCUT2D eigenvalue weighted by Gasteiger charge is -2.23. The van der Waals surface area contributed by atoms with Crippen molar-refractivity contribution in [2.75, 3.05) is 0 Å². The summed E-state index contributed by atoms with van der Waals surface area (Å²) in [5.41, 5.74) is 0.00988. The largest absolute Gasteiger partial charge is 0.187 e. The minimum absolute atomic E-state index is 0.00420. The van der Waals surface area contributed by atoms with Crippen LogP contribution in [0.15, 0.2) is 10.2 Å². The lowest BCUT2D eigenvalue weighted by molar-refractivity contribution is 0.369. The first kappa shape index (κ1) is 22.6. The standard InChI is InChI=1S/C21H44N2/c1-7-9-11-12-13-14-15-17-19-21(5,6)23-22-20(3,4)18-16-10-8-2/h7-19H2,1-6H3. The van der Waals surface area contributed by atoms with Crippen LogP contribution in [0.2, 0.25) is 0 Å². The second-order valence-corrected chi connectivity index (χ2v) is 8.51. The van der Waals surface area contributed by atoms with E-state index < -0.39 is 0 Å². The fraction of sp³-hybridized carbons (Fsp3) is 1.00. The first-order valence-corrected chi connectivity index (χ1v) is 10.3. The molecule has 0 spiro atoms. The maximum Gasteiger partial charge on any atom is 0.0760 e. The Balaban J connectivity index is 3.87. The van der Waals surface area contributed by atoms with E-state index in [1.54, 1.807) is 0 Å². The zero-order chi connectivity index (χ0) is 17.6. The van der Waals surface area contributed by atoms with Crippen molar-refractivity contribution in [1.29, 1.82) is 0 Å². The van der Waals surface area contributed by atoms with Crippen LogP contribution in [0.5, 0.6) is 0 Å². The molecule has 0 N–H and O–H groups in total. The molecule has 2 heteroatoms. The average molecular weight is 325 g/mol. The van der Waals surface area contributed by atoms with Crippen LogP contribution >= 0.6 is 0 Å². The molecule has 0 aliphatic carbocycles. The monoisotopic (exact) mass is 324 g/mol. The predicted molar refractivity (Wildman–Crippen MR) is 104 cm³/mol. The van der Waals surface area contributed by atoms with Crippen LogP contribution in [0.4, 0.5) is 0 Å². The van der Waals surface area contributed by atoms with Gasteiger partial charge in [-0.3, -0.25) is 0 Å². The van der Waals surface area contributed by atoms with Gasteiger partial charge in [0.2, 0.25) is 0 Å². The van der Waals surface area contributed by atoms with Crippen LogP contribution in [-0.4, -0.2) is 11.1 Å². The summed E-state index contributed by atoms with van der Waals surface area (Å²) in [7, 11) is 0. The van der Waals surface area contributed by atoms with E-state index >= 15 is 0 Å². The van der Waals surface area contributed by atoms with Gasteiger partial charge in [0, 0.05) is 0 Å². The smallest absolute Gasteiger partial charge is 0.0760 e. The van der Waals surface area contributed by atoms with E-state index in [4.69, 9.17) is 0 Å². The van der Waals surface area contributed by atoms with Gasteiger partial charge in [-0.1, -0.05) is 84.5 Å². The number of nitrogens with zero attached hydrogens (tertiary/aromatic N) is 2. The Morgan fingerprint density at radius 3 is 1.22 bits per heavy atom. The van der Waals surface area contributed by atoms with Gasteiger partial charge in [-0.05, 0) is 40.5 Å². The summed E-state index contributed by atoms with van der Waals surface area (Å²) >= 11 is 0. The van der Waals surface area contributed by atoms with E-state index in [0.29, 0.717) is 0 Å². The van der Waals surface area contributed by atoms with Gasteiger partial charge < -0.3 is 0 Å². The fourth-order valence-electron chi connectivity index (χ4n) is 2.87. The molecule has 2 nitrogen and oxygen atoms in total. The molecule has 0 rings (SSSR count). The van der Waals surface area contributed by atoms with Gasteiger partial charge in [0.1, 0.15) is 0 Å². The third-order valence-electron chi connectivity index (χ3n) is 4.63. The molecule has 0 aromatic rings. The third kappa shape index (κ3) is 14.9. The summed E-state index contributed by atoms with van der Waals surface area (Å²) in [6.45, 7) is 13.4. The topological polar surface area (TPSA) is 24.7 Å².